The number of benzene rings is 1. The van der Waals surface area contributed by atoms with Crippen LogP contribution in [0.25, 0.3) is 0 Å². The second kappa shape index (κ2) is 5.89. The Labute approximate surface area is 114 Å². The van der Waals surface area contributed by atoms with Gasteiger partial charge in [0.25, 0.3) is 0 Å². The normalized spacial score (nSPS) is 16.8. The Bertz CT molecular complexity index is 433. The number of hydrogen-bond acceptors (Lipinski definition) is 3. The second-order valence-corrected chi connectivity index (χ2v) is 5.46. The van der Waals surface area contributed by atoms with Crippen LogP contribution in [0.3, 0.4) is 0 Å². The van der Waals surface area contributed by atoms with Crippen LogP contribution in [0.15, 0.2) is 10.5 Å². The Morgan fingerprint density at radius 1 is 1.50 bits per heavy atom. The molecule has 1 saturated heterocycles. The van der Waals surface area contributed by atoms with Crippen LogP contribution < -0.4 is 10.1 Å². The first-order valence-electron chi connectivity index (χ1n) is 6.08. The molecule has 1 aromatic carbocycles. The molecule has 1 aliphatic heterocycles. The molecule has 2 N–H and O–H groups in total. The van der Waals surface area contributed by atoms with E-state index in [4.69, 9.17) is 4.74 Å². The number of halogens is 2. The van der Waals surface area contributed by atoms with Crippen molar-refractivity contribution in [3.8, 4) is 11.5 Å². The fourth-order valence-corrected chi connectivity index (χ4v) is 2.94. The molecule has 0 unspecified atom stereocenters. The van der Waals surface area contributed by atoms with Gasteiger partial charge in [0, 0.05) is 10.0 Å². The molecule has 2 rings (SSSR count). The third kappa shape index (κ3) is 2.78. The number of nitrogens with one attached hydrogen (secondary N) is 1. The van der Waals surface area contributed by atoms with Crippen LogP contribution in [0, 0.1) is 11.7 Å². The lowest BCUT2D eigenvalue weighted by molar-refractivity contribution is 0.340. The SMILES string of the molecule is COc1c(O)cc(Br)c(CC2CCNCC2)c1F. The number of ether oxygens (including phenoxy) is 1. The lowest BCUT2D eigenvalue weighted by atomic mass is 9.90. The molecule has 3 nitrogen and oxygen atoms in total. The van der Waals surface area contributed by atoms with Crippen LogP contribution >= 0.6 is 15.9 Å². The van der Waals surface area contributed by atoms with Gasteiger partial charge >= 0.3 is 0 Å². The molecule has 1 heterocycles. The molecule has 0 aliphatic carbocycles. The summed E-state index contributed by atoms with van der Waals surface area (Å²) in [6.45, 7) is 1.97. The largest absolute Gasteiger partial charge is 0.504 e. The monoisotopic (exact) mass is 317 g/mol. The molecule has 1 aliphatic rings. The molecule has 0 amide bonds. The van der Waals surface area contributed by atoms with Crippen molar-refractivity contribution in [1.29, 1.82) is 0 Å². The predicted molar refractivity (Wildman–Crippen MR) is 71.6 cm³/mol. The third-order valence-electron chi connectivity index (χ3n) is 3.40. The first-order chi connectivity index (χ1) is 8.63. The highest BCUT2D eigenvalue weighted by atomic mass is 79.9. The number of methoxy groups -OCH3 is 1. The molecular formula is C13H17BrFNO2. The van der Waals surface area contributed by atoms with Crippen molar-refractivity contribution in [3.63, 3.8) is 0 Å². The Morgan fingerprint density at radius 3 is 2.78 bits per heavy atom. The fraction of sp³-hybridized carbons (Fsp3) is 0.538. The summed E-state index contributed by atoms with van der Waals surface area (Å²) < 4.78 is 19.7. The lowest BCUT2D eigenvalue weighted by Crippen LogP contribution is -2.28. The van der Waals surface area contributed by atoms with Gasteiger partial charge in [-0.25, -0.2) is 4.39 Å². The summed E-state index contributed by atoms with van der Waals surface area (Å²) in [6, 6.07) is 1.50. The molecule has 0 aromatic heterocycles. The standard InChI is InChI=1S/C13H17BrFNO2/c1-18-13-11(17)7-10(14)9(12(13)15)6-8-2-4-16-5-3-8/h7-8,16-17H,2-6H2,1H3. The van der Waals surface area contributed by atoms with Gasteiger partial charge in [0.1, 0.15) is 0 Å². The van der Waals surface area contributed by atoms with Crippen molar-refractivity contribution in [2.75, 3.05) is 20.2 Å². The molecular weight excluding hydrogens is 301 g/mol. The summed E-state index contributed by atoms with van der Waals surface area (Å²) in [5.74, 6) is -0.215. The summed E-state index contributed by atoms with van der Waals surface area (Å²) in [7, 11) is 1.36. The first-order valence-corrected chi connectivity index (χ1v) is 6.87. The van der Waals surface area contributed by atoms with Crippen molar-refractivity contribution < 1.29 is 14.2 Å². The summed E-state index contributed by atoms with van der Waals surface area (Å²) in [6.07, 6.45) is 2.77. The highest BCUT2D eigenvalue weighted by molar-refractivity contribution is 9.10. The highest BCUT2D eigenvalue weighted by Gasteiger charge is 2.22. The maximum atomic E-state index is 14.2. The molecule has 0 saturated carbocycles. The zero-order valence-corrected chi connectivity index (χ0v) is 11.9. The second-order valence-electron chi connectivity index (χ2n) is 4.60. The van der Waals surface area contributed by atoms with Crippen LogP contribution in [-0.2, 0) is 6.42 Å². The van der Waals surface area contributed by atoms with E-state index in [1.165, 1.54) is 13.2 Å². The average Bonchev–Trinajstić information content (AvgIpc) is 2.36. The van der Waals surface area contributed by atoms with Crippen LogP contribution in [-0.4, -0.2) is 25.3 Å². The molecule has 1 fully saturated rings. The molecule has 18 heavy (non-hydrogen) atoms. The number of phenolic OH excluding ortho intramolecular Hbond substituents is 1. The molecule has 5 heteroatoms. The summed E-state index contributed by atoms with van der Waals surface area (Å²) in [5.41, 5.74) is 0.594. The lowest BCUT2D eigenvalue weighted by Gasteiger charge is -2.23. The molecule has 0 spiro atoms. The van der Waals surface area contributed by atoms with E-state index in [1.807, 2.05) is 0 Å². The fourth-order valence-electron chi connectivity index (χ4n) is 2.38. The van der Waals surface area contributed by atoms with E-state index < -0.39 is 5.82 Å². The van der Waals surface area contributed by atoms with Gasteiger partial charge in [-0.2, -0.15) is 0 Å². The highest BCUT2D eigenvalue weighted by Crippen LogP contribution is 2.37. The first kappa shape index (κ1) is 13.6. The summed E-state index contributed by atoms with van der Waals surface area (Å²) in [4.78, 5) is 0. The molecule has 0 atom stereocenters. The van der Waals surface area contributed by atoms with Crippen LogP contribution in [0.4, 0.5) is 4.39 Å². The number of phenols is 1. The van der Waals surface area contributed by atoms with E-state index in [0.717, 1.165) is 25.9 Å². The maximum absolute atomic E-state index is 14.2. The minimum atomic E-state index is -0.456. The van der Waals surface area contributed by atoms with E-state index in [2.05, 4.69) is 21.2 Å². The van der Waals surface area contributed by atoms with Gasteiger partial charge in [-0.15, -0.1) is 0 Å². The van der Waals surface area contributed by atoms with Crippen LogP contribution in [0.1, 0.15) is 18.4 Å². The Morgan fingerprint density at radius 2 is 2.17 bits per heavy atom. The van der Waals surface area contributed by atoms with Crippen molar-refractivity contribution >= 4 is 15.9 Å². The van der Waals surface area contributed by atoms with E-state index in [1.54, 1.807) is 0 Å². The summed E-state index contributed by atoms with van der Waals surface area (Å²) >= 11 is 3.32. The van der Waals surface area contributed by atoms with E-state index in [0.29, 0.717) is 22.4 Å². The molecule has 0 radical (unpaired) electrons. The molecule has 100 valence electrons. The van der Waals surface area contributed by atoms with Crippen molar-refractivity contribution in [2.24, 2.45) is 5.92 Å². The van der Waals surface area contributed by atoms with Gasteiger partial charge in [0.05, 0.1) is 7.11 Å². The van der Waals surface area contributed by atoms with Gasteiger partial charge in [0.15, 0.2) is 17.3 Å². The van der Waals surface area contributed by atoms with Gasteiger partial charge in [-0.05, 0) is 44.3 Å². The number of piperidine rings is 1. The van der Waals surface area contributed by atoms with Gasteiger partial charge in [-0.3, -0.25) is 0 Å². The van der Waals surface area contributed by atoms with Crippen molar-refractivity contribution in [1.82, 2.24) is 5.32 Å². The number of rotatable bonds is 3. The minimum Gasteiger partial charge on any atom is -0.504 e. The van der Waals surface area contributed by atoms with E-state index in [-0.39, 0.29) is 11.5 Å². The quantitative estimate of drug-likeness (QED) is 0.900. The Hall–Kier alpha value is -0.810. The predicted octanol–water partition coefficient (Wildman–Crippen LogP) is 2.84. The van der Waals surface area contributed by atoms with Gasteiger partial charge < -0.3 is 15.2 Å². The Kier molecular flexibility index (Phi) is 4.45. The number of aromatic hydroxyl groups is 1. The minimum absolute atomic E-state index is 0.0675. The maximum Gasteiger partial charge on any atom is 0.196 e. The zero-order chi connectivity index (χ0) is 13.1. The smallest absolute Gasteiger partial charge is 0.196 e. The third-order valence-corrected chi connectivity index (χ3v) is 4.11. The molecule has 0 bridgehead atoms. The zero-order valence-electron chi connectivity index (χ0n) is 10.3. The topological polar surface area (TPSA) is 41.5 Å². The number of hydrogen-bond donors (Lipinski definition) is 2. The van der Waals surface area contributed by atoms with Crippen LogP contribution in [0.2, 0.25) is 0 Å². The van der Waals surface area contributed by atoms with Crippen LogP contribution in [0.5, 0.6) is 11.5 Å². The van der Waals surface area contributed by atoms with E-state index >= 15 is 0 Å². The average molecular weight is 318 g/mol. The van der Waals surface area contributed by atoms with Crippen molar-refractivity contribution in [3.05, 3.63) is 21.9 Å². The van der Waals surface area contributed by atoms with Gasteiger partial charge in [-0.1, -0.05) is 15.9 Å². The molecule has 1 aromatic rings. The van der Waals surface area contributed by atoms with E-state index in [9.17, 15) is 9.50 Å². The summed E-state index contributed by atoms with van der Waals surface area (Å²) in [5, 5.41) is 12.9. The van der Waals surface area contributed by atoms with Gasteiger partial charge in [0.2, 0.25) is 0 Å². The van der Waals surface area contributed by atoms with Crippen molar-refractivity contribution in [2.45, 2.75) is 19.3 Å². The Balaban J connectivity index is 2.26.